The highest BCUT2D eigenvalue weighted by atomic mass is 19.2. The SMILES string of the molecule is CCCCCCCCOc1ccc(-c2ccc(CCCCCC([O])CCC)cc2)c(F)c1F. The van der Waals surface area contributed by atoms with Crippen molar-refractivity contribution >= 4 is 0 Å². The zero-order valence-electron chi connectivity index (χ0n) is 20.5. The summed E-state index contributed by atoms with van der Waals surface area (Å²) >= 11 is 0. The Morgan fingerprint density at radius 1 is 0.727 bits per heavy atom. The van der Waals surface area contributed by atoms with Crippen LogP contribution in [0, 0.1) is 11.6 Å². The first-order valence-electron chi connectivity index (χ1n) is 12.9. The van der Waals surface area contributed by atoms with Crippen molar-refractivity contribution in [2.75, 3.05) is 6.61 Å². The lowest BCUT2D eigenvalue weighted by atomic mass is 9.99. The number of aryl methyl sites for hydroxylation is 1. The third-order valence-electron chi connectivity index (χ3n) is 6.17. The maximum atomic E-state index is 14.7. The Kier molecular flexibility index (Phi) is 13.1. The van der Waals surface area contributed by atoms with Gasteiger partial charge in [-0.3, -0.25) is 0 Å². The van der Waals surface area contributed by atoms with E-state index in [1.165, 1.54) is 30.9 Å². The zero-order chi connectivity index (χ0) is 23.9. The number of ether oxygens (including phenoxy) is 1. The summed E-state index contributed by atoms with van der Waals surface area (Å²) < 4.78 is 34.7. The Morgan fingerprint density at radius 3 is 2.15 bits per heavy atom. The second kappa shape index (κ2) is 15.8. The fourth-order valence-electron chi connectivity index (χ4n) is 4.13. The number of unbranched alkanes of at least 4 members (excludes halogenated alkanes) is 7. The molecule has 0 saturated carbocycles. The smallest absolute Gasteiger partial charge is 0.201 e. The van der Waals surface area contributed by atoms with Crippen LogP contribution >= 0.6 is 0 Å². The average molecular weight is 460 g/mol. The Labute approximate surface area is 199 Å². The first-order chi connectivity index (χ1) is 16.1. The van der Waals surface area contributed by atoms with Gasteiger partial charge in [0.2, 0.25) is 5.82 Å². The predicted octanol–water partition coefficient (Wildman–Crippen LogP) is 9.07. The quantitative estimate of drug-likeness (QED) is 0.217. The molecule has 2 nitrogen and oxygen atoms in total. The maximum Gasteiger partial charge on any atom is 0.201 e. The highest BCUT2D eigenvalue weighted by Gasteiger charge is 2.16. The van der Waals surface area contributed by atoms with E-state index < -0.39 is 17.7 Å². The standard InChI is InChI=1S/C29H41F2O2/c1-3-5-6-7-8-12-22-33-27-21-20-26(28(30)29(27)31)24-18-16-23(17-19-24)14-10-9-11-15-25(32)13-4-2/h16-21,25H,3-15,22H2,1-2H3. The lowest BCUT2D eigenvalue weighted by Crippen LogP contribution is -2.03. The van der Waals surface area contributed by atoms with E-state index >= 15 is 0 Å². The molecule has 0 amide bonds. The molecule has 1 unspecified atom stereocenters. The van der Waals surface area contributed by atoms with Gasteiger partial charge in [0.1, 0.15) is 0 Å². The van der Waals surface area contributed by atoms with Gasteiger partial charge in [0, 0.05) is 5.56 Å². The van der Waals surface area contributed by atoms with Crippen molar-refractivity contribution in [3.63, 3.8) is 0 Å². The lowest BCUT2D eigenvalue weighted by Gasteiger charge is -2.11. The molecule has 0 spiro atoms. The minimum absolute atomic E-state index is 0.0133. The van der Waals surface area contributed by atoms with Crippen LogP contribution in [0.25, 0.3) is 11.1 Å². The minimum Gasteiger partial charge on any atom is -0.490 e. The molecule has 1 atom stereocenters. The first kappa shape index (κ1) is 27.3. The van der Waals surface area contributed by atoms with Gasteiger partial charge < -0.3 is 4.74 Å². The van der Waals surface area contributed by atoms with Gasteiger partial charge in [-0.15, -0.1) is 0 Å². The van der Waals surface area contributed by atoms with Crippen LogP contribution in [-0.4, -0.2) is 12.7 Å². The van der Waals surface area contributed by atoms with Crippen molar-refractivity contribution in [1.82, 2.24) is 0 Å². The largest absolute Gasteiger partial charge is 0.490 e. The Morgan fingerprint density at radius 2 is 1.42 bits per heavy atom. The van der Waals surface area contributed by atoms with Gasteiger partial charge in [0.15, 0.2) is 11.6 Å². The molecule has 183 valence electrons. The molecule has 0 saturated heterocycles. The van der Waals surface area contributed by atoms with E-state index in [1.807, 2.05) is 31.2 Å². The van der Waals surface area contributed by atoms with Gasteiger partial charge in [-0.2, -0.15) is 4.39 Å². The van der Waals surface area contributed by atoms with Crippen LogP contribution in [0.2, 0.25) is 0 Å². The lowest BCUT2D eigenvalue weighted by molar-refractivity contribution is 0.0707. The number of hydrogen-bond acceptors (Lipinski definition) is 1. The molecule has 0 aliphatic rings. The fraction of sp³-hybridized carbons (Fsp3) is 0.586. The van der Waals surface area contributed by atoms with E-state index in [0.29, 0.717) is 12.2 Å². The summed E-state index contributed by atoms with van der Waals surface area (Å²) in [5, 5.41) is 11.6. The summed E-state index contributed by atoms with van der Waals surface area (Å²) in [5.74, 6) is -1.79. The average Bonchev–Trinajstić information content (AvgIpc) is 2.81. The molecule has 0 fully saturated rings. The molecule has 0 heterocycles. The summed E-state index contributed by atoms with van der Waals surface area (Å²) in [4.78, 5) is 0. The van der Waals surface area contributed by atoms with Crippen molar-refractivity contribution < 1.29 is 18.6 Å². The molecular weight excluding hydrogens is 418 g/mol. The minimum atomic E-state index is -0.915. The van der Waals surface area contributed by atoms with E-state index in [-0.39, 0.29) is 11.3 Å². The zero-order valence-corrected chi connectivity index (χ0v) is 20.5. The van der Waals surface area contributed by atoms with Crippen LogP contribution in [-0.2, 0) is 11.5 Å². The Bertz CT molecular complexity index is 789. The van der Waals surface area contributed by atoms with Crippen molar-refractivity contribution in [2.45, 2.75) is 103 Å². The van der Waals surface area contributed by atoms with E-state index in [9.17, 15) is 13.9 Å². The summed E-state index contributed by atoms with van der Waals surface area (Å²) in [5.41, 5.74) is 2.08. The fourth-order valence-corrected chi connectivity index (χ4v) is 4.13. The number of halogens is 2. The normalized spacial score (nSPS) is 12.2. The monoisotopic (exact) mass is 459 g/mol. The van der Waals surface area contributed by atoms with Crippen LogP contribution < -0.4 is 4.74 Å². The second-order valence-corrected chi connectivity index (χ2v) is 9.06. The van der Waals surface area contributed by atoms with Crippen LogP contribution in [0.1, 0.15) is 96.5 Å². The maximum absolute atomic E-state index is 14.7. The van der Waals surface area contributed by atoms with E-state index in [0.717, 1.165) is 64.2 Å². The summed E-state index contributed by atoms with van der Waals surface area (Å²) in [7, 11) is 0. The molecule has 1 radical (unpaired) electrons. The molecule has 0 bridgehead atoms. The molecule has 0 aliphatic carbocycles. The third-order valence-corrected chi connectivity index (χ3v) is 6.17. The first-order valence-corrected chi connectivity index (χ1v) is 12.9. The Balaban J connectivity index is 1.80. The van der Waals surface area contributed by atoms with Gasteiger partial charge in [0.05, 0.1) is 12.7 Å². The number of rotatable bonds is 17. The Hall–Kier alpha value is -1.94. The predicted molar refractivity (Wildman–Crippen MR) is 132 cm³/mol. The number of hydrogen-bond donors (Lipinski definition) is 0. The van der Waals surface area contributed by atoms with Gasteiger partial charge in [-0.25, -0.2) is 9.50 Å². The highest BCUT2D eigenvalue weighted by Crippen LogP contribution is 2.30. The molecule has 0 N–H and O–H groups in total. The summed E-state index contributed by atoms with van der Waals surface area (Å²) in [6, 6.07) is 10.8. The van der Waals surface area contributed by atoms with Crippen molar-refractivity contribution in [3.05, 3.63) is 53.6 Å². The van der Waals surface area contributed by atoms with Crippen molar-refractivity contribution in [3.8, 4) is 16.9 Å². The molecule has 2 aromatic rings. The molecule has 33 heavy (non-hydrogen) atoms. The van der Waals surface area contributed by atoms with E-state index in [1.54, 1.807) is 6.07 Å². The summed E-state index contributed by atoms with van der Waals surface area (Å²) in [6.45, 7) is 4.64. The molecule has 2 rings (SSSR count). The molecule has 0 aromatic heterocycles. The van der Waals surface area contributed by atoms with Crippen LogP contribution in [0.15, 0.2) is 36.4 Å². The van der Waals surface area contributed by atoms with E-state index in [4.69, 9.17) is 4.74 Å². The van der Waals surface area contributed by atoms with Gasteiger partial charge in [-0.05, 0) is 55.4 Å². The molecule has 4 heteroatoms. The highest BCUT2D eigenvalue weighted by molar-refractivity contribution is 5.65. The topological polar surface area (TPSA) is 29.1 Å². The third kappa shape index (κ3) is 9.83. The van der Waals surface area contributed by atoms with Crippen LogP contribution in [0.3, 0.4) is 0 Å². The van der Waals surface area contributed by atoms with Crippen LogP contribution in [0.5, 0.6) is 5.75 Å². The van der Waals surface area contributed by atoms with Crippen molar-refractivity contribution in [2.24, 2.45) is 0 Å². The number of benzene rings is 2. The molecular formula is C29H41F2O2. The second-order valence-electron chi connectivity index (χ2n) is 9.06. The van der Waals surface area contributed by atoms with E-state index in [2.05, 4.69) is 6.92 Å². The molecule has 2 aromatic carbocycles. The van der Waals surface area contributed by atoms with Crippen LogP contribution in [0.4, 0.5) is 8.78 Å². The van der Waals surface area contributed by atoms with Crippen molar-refractivity contribution in [1.29, 1.82) is 0 Å². The van der Waals surface area contributed by atoms with Gasteiger partial charge >= 0.3 is 0 Å². The van der Waals surface area contributed by atoms with Gasteiger partial charge in [-0.1, -0.05) is 89.5 Å². The van der Waals surface area contributed by atoms with Gasteiger partial charge in [0.25, 0.3) is 0 Å². The molecule has 0 aliphatic heterocycles. The summed E-state index contributed by atoms with van der Waals surface area (Å²) in [6.07, 6.45) is 12.8.